The van der Waals surface area contributed by atoms with E-state index < -0.39 is 0 Å². The molecule has 1 aliphatic heterocycles. The van der Waals surface area contributed by atoms with Crippen LogP contribution in [0.1, 0.15) is 18.5 Å². The molecule has 6 heteroatoms. The third-order valence-corrected chi connectivity index (χ3v) is 4.27. The molecule has 126 valence electrons. The standard InChI is InChI=1S/C18H22N4O2/c1-13-6-9-19-18(20-13)22-10-7-14(8-11-22)17(23)21-15-4-3-5-16(12-15)24-2/h3-6,9,12,14H,7-8,10-11H2,1-2H3,(H,21,23). The number of aromatic nitrogens is 2. The first kappa shape index (κ1) is 16.2. The zero-order valence-corrected chi connectivity index (χ0v) is 14.0. The number of amides is 1. The lowest BCUT2D eigenvalue weighted by atomic mass is 9.96. The lowest BCUT2D eigenvalue weighted by Crippen LogP contribution is -2.39. The molecule has 0 aliphatic carbocycles. The molecule has 3 rings (SSSR count). The third kappa shape index (κ3) is 3.82. The summed E-state index contributed by atoms with van der Waals surface area (Å²) in [6, 6.07) is 9.31. The van der Waals surface area contributed by atoms with E-state index in [1.165, 1.54) is 0 Å². The molecule has 0 bridgehead atoms. The largest absolute Gasteiger partial charge is 0.497 e. The van der Waals surface area contributed by atoms with Gasteiger partial charge in [0.25, 0.3) is 0 Å². The number of carbonyl (C=O) groups is 1. The molecular weight excluding hydrogens is 304 g/mol. The quantitative estimate of drug-likeness (QED) is 0.935. The van der Waals surface area contributed by atoms with Gasteiger partial charge in [0, 0.05) is 42.7 Å². The number of nitrogens with zero attached hydrogens (tertiary/aromatic N) is 3. The Morgan fingerprint density at radius 3 is 2.79 bits per heavy atom. The summed E-state index contributed by atoms with van der Waals surface area (Å²) in [5.74, 6) is 1.56. The Morgan fingerprint density at radius 2 is 2.08 bits per heavy atom. The number of carbonyl (C=O) groups excluding carboxylic acids is 1. The van der Waals surface area contributed by atoms with E-state index in [0.29, 0.717) is 0 Å². The maximum atomic E-state index is 12.5. The van der Waals surface area contributed by atoms with Crippen LogP contribution in [0.2, 0.25) is 0 Å². The molecule has 6 nitrogen and oxygen atoms in total. The molecule has 2 aromatic rings. The van der Waals surface area contributed by atoms with Crippen molar-refractivity contribution in [1.82, 2.24) is 9.97 Å². The summed E-state index contributed by atoms with van der Waals surface area (Å²) >= 11 is 0. The van der Waals surface area contributed by atoms with E-state index in [1.807, 2.05) is 37.3 Å². The number of hydrogen-bond donors (Lipinski definition) is 1. The lowest BCUT2D eigenvalue weighted by Gasteiger charge is -2.31. The van der Waals surface area contributed by atoms with Crippen LogP contribution in [-0.4, -0.2) is 36.1 Å². The van der Waals surface area contributed by atoms with Crippen molar-refractivity contribution in [2.45, 2.75) is 19.8 Å². The highest BCUT2D eigenvalue weighted by Crippen LogP contribution is 2.23. The number of ether oxygens (including phenoxy) is 1. The van der Waals surface area contributed by atoms with Crippen LogP contribution < -0.4 is 15.0 Å². The molecule has 1 aromatic heterocycles. The van der Waals surface area contributed by atoms with Crippen LogP contribution in [0.4, 0.5) is 11.6 Å². The van der Waals surface area contributed by atoms with E-state index in [2.05, 4.69) is 20.2 Å². The fourth-order valence-corrected chi connectivity index (χ4v) is 2.87. The number of benzene rings is 1. The molecule has 1 aliphatic rings. The van der Waals surface area contributed by atoms with Gasteiger partial charge in [0.15, 0.2) is 0 Å². The lowest BCUT2D eigenvalue weighted by molar-refractivity contribution is -0.120. The summed E-state index contributed by atoms with van der Waals surface area (Å²) in [6.07, 6.45) is 3.37. The highest BCUT2D eigenvalue weighted by molar-refractivity contribution is 5.92. The van der Waals surface area contributed by atoms with E-state index in [9.17, 15) is 4.79 Å². The second-order valence-corrected chi connectivity index (χ2v) is 5.98. The van der Waals surface area contributed by atoms with Gasteiger partial charge in [0.05, 0.1) is 7.11 Å². The summed E-state index contributed by atoms with van der Waals surface area (Å²) < 4.78 is 5.18. The molecule has 24 heavy (non-hydrogen) atoms. The van der Waals surface area contributed by atoms with Gasteiger partial charge < -0.3 is 15.0 Å². The monoisotopic (exact) mass is 326 g/mol. The molecule has 1 amide bonds. The predicted octanol–water partition coefficient (Wildman–Crippen LogP) is 2.65. The van der Waals surface area contributed by atoms with Gasteiger partial charge in [-0.25, -0.2) is 9.97 Å². The summed E-state index contributed by atoms with van der Waals surface area (Å²) in [5, 5.41) is 2.98. The van der Waals surface area contributed by atoms with E-state index >= 15 is 0 Å². The van der Waals surface area contributed by atoms with Crippen LogP contribution in [0.3, 0.4) is 0 Å². The molecule has 0 saturated carbocycles. The van der Waals surface area contributed by atoms with Gasteiger partial charge in [0.1, 0.15) is 5.75 Å². The molecule has 1 fully saturated rings. The second-order valence-electron chi connectivity index (χ2n) is 5.98. The first-order chi connectivity index (χ1) is 11.7. The van der Waals surface area contributed by atoms with Crippen molar-refractivity contribution >= 4 is 17.5 Å². The molecule has 1 N–H and O–H groups in total. The van der Waals surface area contributed by atoms with E-state index in [1.54, 1.807) is 13.3 Å². The minimum Gasteiger partial charge on any atom is -0.497 e. The summed E-state index contributed by atoms with van der Waals surface area (Å²) in [5.41, 5.74) is 1.72. The number of aryl methyl sites for hydroxylation is 1. The van der Waals surface area contributed by atoms with Gasteiger partial charge in [0.2, 0.25) is 11.9 Å². The molecule has 1 aromatic carbocycles. The van der Waals surface area contributed by atoms with Crippen LogP contribution in [0.15, 0.2) is 36.5 Å². The molecule has 0 unspecified atom stereocenters. The van der Waals surface area contributed by atoms with Crippen molar-refractivity contribution in [3.05, 3.63) is 42.2 Å². The van der Waals surface area contributed by atoms with Gasteiger partial charge in [-0.2, -0.15) is 0 Å². The fourth-order valence-electron chi connectivity index (χ4n) is 2.87. The summed E-state index contributed by atoms with van der Waals surface area (Å²) in [6.45, 7) is 3.54. The van der Waals surface area contributed by atoms with Crippen molar-refractivity contribution in [3.8, 4) is 5.75 Å². The van der Waals surface area contributed by atoms with Crippen molar-refractivity contribution in [3.63, 3.8) is 0 Å². The SMILES string of the molecule is COc1cccc(NC(=O)C2CCN(c3nccc(C)n3)CC2)c1. The van der Waals surface area contributed by atoms with Crippen LogP contribution in [-0.2, 0) is 4.79 Å². The Morgan fingerprint density at radius 1 is 1.29 bits per heavy atom. The average Bonchev–Trinajstić information content (AvgIpc) is 2.62. The molecule has 0 radical (unpaired) electrons. The van der Waals surface area contributed by atoms with Gasteiger partial charge in [-0.1, -0.05) is 6.07 Å². The first-order valence-electron chi connectivity index (χ1n) is 8.15. The maximum Gasteiger partial charge on any atom is 0.227 e. The highest BCUT2D eigenvalue weighted by atomic mass is 16.5. The molecule has 0 spiro atoms. The number of anilines is 2. The molecule has 1 saturated heterocycles. The average molecular weight is 326 g/mol. The Balaban J connectivity index is 1.57. The van der Waals surface area contributed by atoms with E-state index in [-0.39, 0.29) is 11.8 Å². The fraction of sp³-hybridized carbons (Fsp3) is 0.389. The Kier molecular flexibility index (Phi) is 4.93. The summed E-state index contributed by atoms with van der Waals surface area (Å²) in [4.78, 5) is 23.4. The maximum absolute atomic E-state index is 12.5. The predicted molar refractivity (Wildman–Crippen MR) is 93.3 cm³/mol. The van der Waals surface area contributed by atoms with E-state index in [4.69, 9.17) is 4.74 Å². The van der Waals surface area contributed by atoms with Crippen molar-refractivity contribution < 1.29 is 9.53 Å². The highest BCUT2D eigenvalue weighted by Gasteiger charge is 2.26. The smallest absolute Gasteiger partial charge is 0.227 e. The zero-order valence-electron chi connectivity index (χ0n) is 14.0. The number of nitrogens with one attached hydrogen (secondary N) is 1. The van der Waals surface area contributed by atoms with Crippen LogP contribution >= 0.6 is 0 Å². The third-order valence-electron chi connectivity index (χ3n) is 4.27. The molecule has 2 heterocycles. The number of rotatable bonds is 4. The van der Waals surface area contributed by atoms with Crippen LogP contribution in [0.25, 0.3) is 0 Å². The van der Waals surface area contributed by atoms with Crippen LogP contribution in [0.5, 0.6) is 5.75 Å². The van der Waals surface area contributed by atoms with Gasteiger partial charge in [-0.15, -0.1) is 0 Å². The van der Waals surface area contributed by atoms with Crippen molar-refractivity contribution in [2.24, 2.45) is 5.92 Å². The molecular formula is C18H22N4O2. The second kappa shape index (κ2) is 7.29. The minimum absolute atomic E-state index is 0.0114. The number of piperidine rings is 1. The number of hydrogen-bond acceptors (Lipinski definition) is 5. The first-order valence-corrected chi connectivity index (χ1v) is 8.15. The number of methoxy groups -OCH3 is 1. The molecule has 0 atom stereocenters. The van der Waals surface area contributed by atoms with Gasteiger partial charge in [-0.3, -0.25) is 4.79 Å². The normalized spacial score (nSPS) is 15.2. The van der Waals surface area contributed by atoms with Gasteiger partial charge in [-0.05, 0) is 38.0 Å². The van der Waals surface area contributed by atoms with Crippen LogP contribution in [0, 0.1) is 12.8 Å². The zero-order chi connectivity index (χ0) is 16.9. The van der Waals surface area contributed by atoms with E-state index in [0.717, 1.165) is 49.0 Å². The Hall–Kier alpha value is -2.63. The summed E-state index contributed by atoms with van der Waals surface area (Å²) in [7, 11) is 1.62. The van der Waals surface area contributed by atoms with Gasteiger partial charge >= 0.3 is 0 Å². The van der Waals surface area contributed by atoms with Crippen molar-refractivity contribution in [2.75, 3.05) is 30.4 Å². The van der Waals surface area contributed by atoms with Crippen molar-refractivity contribution in [1.29, 1.82) is 0 Å². The Labute approximate surface area is 141 Å². The topological polar surface area (TPSA) is 67.3 Å². The minimum atomic E-state index is 0.0114. The Bertz CT molecular complexity index is 712.